The topological polar surface area (TPSA) is 16.4 Å². The Kier molecular flexibility index (Phi) is 8.19. The lowest BCUT2D eigenvalue weighted by atomic mass is 9.80. The van der Waals surface area contributed by atoms with Crippen molar-refractivity contribution in [3.05, 3.63) is 163 Å². The summed E-state index contributed by atoms with van der Waals surface area (Å²) < 4.78 is 6.50. The Bertz CT molecular complexity index is 2540. The van der Waals surface area contributed by atoms with Gasteiger partial charge in [-0.2, -0.15) is 0 Å². The van der Waals surface area contributed by atoms with E-state index in [9.17, 15) is 0 Å². The van der Waals surface area contributed by atoms with E-state index < -0.39 is 0 Å². The summed E-state index contributed by atoms with van der Waals surface area (Å²) in [6.45, 7) is 6.83. The quantitative estimate of drug-likeness (QED) is 0.174. The van der Waals surface area contributed by atoms with E-state index in [0.29, 0.717) is 5.92 Å². The number of hydrogen-bond acceptors (Lipinski definition) is 2. The van der Waals surface area contributed by atoms with Crippen LogP contribution in [-0.2, 0) is 5.41 Å². The van der Waals surface area contributed by atoms with Gasteiger partial charge in [-0.3, -0.25) is 0 Å². The number of fused-ring (bicyclic) bond motifs is 4. The zero-order chi connectivity index (χ0) is 35.2. The molecule has 0 N–H and O–H groups in total. The minimum atomic E-state index is 0.0793. The fraction of sp³-hybridized carbons (Fsp3) is 0.200. The van der Waals surface area contributed by atoms with Crippen LogP contribution in [0.1, 0.15) is 69.9 Å². The van der Waals surface area contributed by atoms with Gasteiger partial charge in [0.25, 0.3) is 0 Å². The molecule has 2 nitrogen and oxygen atoms in total. The van der Waals surface area contributed by atoms with Gasteiger partial charge in [-0.05, 0) is 87.5 Å². The number of nitrogens with zero attached hydrogens (tertiary/aromatic N) is 1. The van der Waals surface area contributed by atoms with E-state index in [1.807, 2.05) is 0 Å². The van der Waals surface area contributed by atoms with E-state index in [1.165, 1.54) is 76.3 Å². The number of hydrogen-bond donors (Lipinski definition) is 0. The normalized spacial score (nSPS) is 14.0. The zero-order valence-electron chi connectivity index (χ0n) is 30.4. The van der Waals surface area contributed by atoms with E-state index in [-0.39, 0.29) is 5.41 Å². The summed E-state index contributed by atoms with van der Waals surface area (Å²) >= 11 is 0. The molecule has 1 saturated carbocycles. The molecule has 1 aromatic heterocycles. The number of benzene rings is 7. The van der Waals surface area contributed by atoms with Crippen molar-refractivity contribution in [2.45, 2.75) is 64.2 Å². The van der Waals surface area contributed by atoms with Crippen LogP contribution >= 0.6 is 0 Å². The van der Waals surface area contributed by atoms with E-state index in [0.717, 1.165) is 39.0 Å². The second-order valence-electron chi connectivity index (χ2n) is 15.5. The third-order valence-corrected chi connectivity index (χ3v) is 11.2. The third kappa shape index (κ3) is 5.67. The van der Waals surface area contributed by atoms with Crippen LogP contribution in [0, 0.1) is 0 Å². The lowest BCUT2D eigenvalue weighted by molar-refractivity contribution is 0.445. The van der Waals surface area contributed by atoms with E-state index in [4.69, 9.17) is 4.42 Å². The largest absolute Gasteiger partial charge is 0.456 e. The highest BCUT2D eigenvalue weighted by Crippen LogP contribution is 2.50. The second kappa shape index (κ2) is 13.2. The van der Waals surface area contributed by atoms with Crippen molar-refractivity contribution in [2.24, 2.45) is 0 Å². The average molecular weight is 676 g/mol. The van der Waals surface area contributed by atoms with Gasteiger partial charge in [-0.1, -0.05) is 161 Å². The predicted molar refractivity (Wildman–Crippen MR) is 221 cm³/mol. The molecule has 9 rings (SSSR count). The van der Waals surface area contributed by atoms with Crippen molar-refractivity contribution in [1.82, 2.24) is 0 Å². The second-order valence-corrected chi connectivity index (χ2v) is 15.5. The molecule has 0 radical (unpaired) electrons. The molecule has 1 fully saturated rings. The molecular weight excluding hydrogens is 631 g/mol. The average Bonchev–Trinajstić information content (AvgIpc) is 3.58. The SMILES string of the molecule is CC(C)(C)c1ccc(-c2ccccc2N(c2ccccc2-c2cccc3cccc(C4CCCCC4)c23)c2cccc3oc4ccccc4c23)cc1. The molecule has 1 aliphatic carbocycles. The molecule has 8 aromatic rings. The monoisotopic (exact) mass is 675 g/mol. The summed E-state index contributed by atoms with van der Waals surface area (Å²) in [5.41, 5.74) is 12.9. The van der Waals surface area contributed by atoms with Crippen molar-refractivity contribution in [1.29, 1.82) is 0 Å². The van der Waals surface area contributed by atoms with Gasteiger partial charge >= 0.3 is 0 Å². The summed E-state index contributed by atoms with van der Waals surface area (Å²) in [4.78, 5) is 2.49. The van der Waals surface area contributed by atoms with Crippen molar-refractivity contribution < 1.29 is 4.42 Å². The molecular formula is C50H45NO. The molecule has 256 valence electrons. The highest BCUT2D eigenvalue weighted by Gasteiger charge is 2.26. The smallest absolute Gasteiger partial charge is 0.137 e. The highest BCUT2D eigenvalue weighted by molar-refractivity contribution is 6.15. The molecule has 0 amide bonds. The Balaban J connectivity index is 1.33. The van der Waals surface area contributed by atoms with Gasteiger partial charge in [0.2, 0.25) is 0 Å². The summed E-state index contributed by atoms with van der Waals surface area (Å²) in [6, 6.07) is 55.8. The minimum absolute atomic E-state index is 0.0793. The Hall–Kier alpha value is -5.60. The molecule has 0 atom stereocenters. The molecule has 52 heavy (non-hydrogen) atoms. The molecule has 1 heterocycles. The lowest BCUT2D eigenvalue weighted by Gasteiger charge is -2.31. The first-order chi connectivity index (χ1) is 25.5. The molecule has 0 aliphatic heterocycles. The zero-order valence-corrected chi connectivity index (χ0v) is 30.4. The molecule has 0 unspecified atom stereocenters. The maximum absolute atomic E-state index is 6.50. The van der Waals surface area contributed by atoms with Crippen LogP contribution in [0.5, 0.6) is 0 Å². The van der Waals surface area contributed by atoms with E-state index in [1.54, 1.807) is 0 Å². The van der Waals surface area contributed by atoms with Crippen LogP contribution in [0.15, 0.2) is 156 Å². The van der Waals surface area contributed by atoms with Crippen molar-refractivity contribution >= 4 is 49.8 Å². The van der Waals surface area contributed by atoms with Crippen molar-refractivity contribution in [2.75, 3.05) is 4.90 Å². The standard InChI is InChI=1S/C50H45NO/c1-50(2,3)37-32-30-35(31-33-37)38-20-7-10-25-43(38)51(45-27-15-29-47-49(45)42-22-9-12-28-46(42)52-47)44-26-11-8-21-40(44)41-24-14-19-36-18-13-23-39(48(36)41)34-16-5-4-6-17-34/h7-15,18-34H,4-6,16-17H2,1-3H3. The van der Waals surface area contributed by atoms with E-state index >= 15 is 0 Å². The van der Waals surface area contributed by atoms with Crippen LogP contribution in [0.2, 0.25) is 0 Å². The van der Waals surface area contributed by atoms with Crippen LogP contribution in [0.3, 0.4) is 0 Å². The Morgan fingerprint density at radius 1 is 0.500 bits per heavy atom. The Labute approximate surface area is 307 Å². The van der Waals surface area contributed by atoms with Gasteiger partial charge in [-0.25, -0.2) is 0 Å². The maximum atomic E-state index is 6.50. The fourth-order valence-electron chi connectivity index (χ4n) is 8.64. The fourth-order valence-corrected chi connectivity index (χ4v) is 8.64. The van der Waals surface area contributed by atoms with Gasteiger partial charge in [-0.15, -0.1) is 0 Å². The number of rotatable bonds is 6. The molecule has 0 bridgehead atoms. The summed E-state index contributed by atoms with van der Waals surface area (Å²) in [5.74, 6) is 0.588. The van der Waals surface area contributed by atoms with E-state index in [2.05, 4.69) is 177 Å². The minimum Gasteiger partial charge on any atom is -0.456 e. The molecule has 2 heteroatoms. The van der Waals surface area contributed by atoms with Gasteiger partial charge < -0.3 is 9.32 Å². The lowest BCUT2D eigenvalue weighted by Crippen LogP contribution is -2.13. The third-order valence-electron chi connectivity index (χ3n) is 11.2. The first-order valence-electron chi connectivity index (χ1n) is 19.0. The molecule has 1 aliphatic rings. The Morgan fingerprint density at radius 2 is 1.10 bits per heavy atom. The van der Waals surface area contributed by atoms with Crippen LogP contribution in [0.4, 0.5) is 17.1 Å². The van der Waals surface area contributed by atoms with Crippen LogP contribution < -0.4 is 4.90 Å². The maximum Gasteiger partial charge on any atom is 0.137 e. The number of furan rings is 1. The van der Waals surface area contributed by atoms with Gasteiger partial charge in [0.15, 0.2) is 0 Å². The molecule has 0 spiro atoms. The van der Waals surface area contributed by atoms with Crippen LogP contribution in [0.25, 0.3) is 55.0 Å². The number of para-hydroxylation sites is 3. The summed E-state index contributed by atoms with van der Waals surface area (Å²) in [6.07, 6.45) is 6.49. The van der Waals surface area contributed by atoms with Crippen molar-refractivity contribution in [3.63, 3.8) is 0 Å². The molecule has 7 aromatic carbocycles. The van der Waals surface area contributed by atoms with Crippen molar-refractivity contribution in [3.8, 4) is 22.3 Å². The van der Waals surface area contributed by atoms with Gasteiger partial charge in [0.1, 0.15) is 11.2 Å². The highest BCUT2D eigenvalue weighted by atomic mass is 16.3. The Morgan fingerprint density at radius 3 is 1.87 bits per heavy atom. The first kappa shape index (κ1) is 32.3. The molecule has 0 saturated heterocycles. The number of anilines is 3. The van der Waals surface area contributed by atoms with Gasteiger partial charge in [0.05, 0.1) is 22.4 Å². The first-order valence-corrected chi connectivity index (χ1v) is 19.0. The summed E-state index contributed by atoms with van der Waals surface area (Å²) in [5, 5.41) is 4.94. The van der Waals surface area contributed by atoms with Crippen LogP contribution in [-0.4, -0.2) is 0 Å². The van der Waals surface area contributed by atoms with Gasteiger partial charge in [0, 0.05) is 16.5 Å². The predicted octanol–water partition coefficient (Wildman–Crippen LogP) is 14.9. The summed E-state index contributed by atoms with van der Waals surface area (Å²) in [7, 11) is 0.